The summed E-state index contributed by atoms with van der Waals surface area (Å²) in [6, 6.07) is 28.0. The predicted octanol–water partition coefficient (Wildman–Crippen LogP) is 10.1. The fourth-order valence-electron chi connectivity index (χ4n) is 6.18. The van der Waals surface area contributed by atoms with E-state index < -0.39 is 30.0 Å². The molecule has 0 bridgehead atoms. The van der Waals surface area contributed by atoms with Gasteiger partial charge < -0.3 is 11.5 Å². The number of hydrogen-bond acceptors (Lipinski definition) is 10. The molecule has 266 valence electrons. The molecule has 14 heteroatoms. The molecule has 6 N–H and O–H groups in total. The van der Waals surface area contributed by atoms with Gasteiger partial charge >= 0.3 is 0 Å². The first-order chi connectivity index (χ1) is 24.8. The molecule has 6 aromatic rings. The van der Waals surface area contributed by atoms with Gasteiger partial charge in [0.25, 0.3) is 20.2 Å². The van der Waals surface area contributed by atoms with Gasteiger partial charge in [-0.1, -0.05) is 87.4 Å². The first kappa shape index (κ1) is 36.3. The highest BCUT2D eigenvalue weighted by Crippen LogP contribution is 2.39. The standard InChI is InChI=1S/C38H36N6O6S2/c1-3-9-25-19-23(15-17-31(25)41-43-33-21-35(51(45,46)47)37(39)29-13-7-5-11-27(29)33)24-16-18-32(26(20-24)10-4-2)42-44-34-22-36(52(48,49)50)38(40)30-14-8-6-12-28(30)34/h5-8,11-22H,3-4,9-10,39-40H2,1-2H3,(H,45,46,47)(H,48,49,50)/b43-41+,44-42+. The van der Waals surface area contributed by atoms with Gasteiger partial charge in [0.1, 0.15) is 9.79 Å². The zero-order valence-electron chi connectivity index (χ0n) is 28.4. The quantitative estimate of drug-likeness (QED) is 0.0569. The van der Waals surface area contributed by atoms with Crippen molar-refractivity contribution >= 4 is 75.9 Å². The largest absolute Gasteiger partial charge is 0.397 e. The summed E-state index contributed by atoms with van der Waals surface area (Å²) in [5.41, 5.74) is 17.5. The third-order valence-electron chi connectivity index (χ3n) is 8.67. The van der Waals surface area contributed by atoms with Crippen LogP contribution in [-0.4, -0.2) is 25.9 Å². The highest BCUT2D eigenvalue weighted by atomic mass is 32.2. The van der Waals surface area contributed by atoms with Crippen molar-refractivity contribution in [1.82, 2.24) is 0 Å². The Balaban J connectivity index is 1.37. The van der Waals surface area contributed by atoms with Gasteiger partial charge in [0.2, 0.25) is 0 Å². The third-order valence-corrected chi connectivity index (χ3v) is 10.5. The summed E-state index contributed by atoms with van der Waals surface area (Å²) in [7, 11) is -9.21. The normalized spacial score (nSPS) is 12.5. The van der Waals surface area contributed by atoms with E-state index in [9.17, 15) is 25.9 Å². The first-order valence-electron chi connectivity index (χ1n) is 16.5. The zero-order valence-corrected chi connectivity index (χ0v) is 30.0. The number of benzene rings is 6. The number of rotatable bonds is 11. The summed E-state index contributed by atoms with van der Waals surface area (Å²) < 4.78 is 68.0. The Bertz CT molecular complexity index is 2460. The number of fused-ring (bicyclic) bond motifs is 2. The number of nitrogen functional groups attached to an aromatic ring is 2. The fourth-order valence-corrected chi connectivity index (χ4v) is 7.48. The lowest BCUT2D eigenvalue weighted by Gasteiger charge is -2.12. The second-order valence-electron chi connectivity index (χ2n) is 12.2. The van der Waals surface area contributed by atoms with Crippen molar-refractivity contribution in [1.29, 1.82) is 0 Å². The van der Waals surface area contributed by atoms with E-state index in [0.29, 0.717) is 45.8 Å². The van der Waals surface area contributed by atoms with Crippen molar-refractivity contribution < 1.29 is 25.9 Å². The molecule has 0 aromatic heterocycles. The molecule has 0 aliphatic rings. The van der Waals surface area contributed by atoms with Crippen LogP contribution in [-0.2, 0) is 33.1 Å². The SMILES string of the molecule is CCCc1cc(-c2ccc(/N=N/c3cc(S(=O)(=O)O)c(N)c4ccccc34)c(CCC)c2)ccc1/N=N/c1cc(S(=O)(=O)O)c(N)c2ccccc12. The lowest BCUT2D eigenvalue weighted by Crippen LogP contribution is -2.03. The Morgan fingerprint density at radius 2 is 0.846 bits per heavy atom. The Hall–Kier alpha value is -5.54. The molecule has 0 saturated carbocycles. The molecule has 6 rings (SSSR count). The number of nitrogens with zero attached hydrogens (tertiary/aromatic N) is 4. The Labute approximate surface area is 301 Å². The van der Waals surface area contributed by atoms with E-state index in [0.717, 1.165) is 35.1 Å². The van der Waals surface area contributed by atoms with E-state index in [4.69, 9.17) is 11.5 Å². The van der Waals surface area contributed by atoms with Crippen LogP contribution in [0.15, 0.2) is 127 Å². The number of aryl methyl sites for hydroxylation is 2. The maximum absolute atomic E-state index is 12.1. The maximum atomic E-state index is 12.1. The highest BCUT2D eigenvalue weighted by molar-refractivity contribution is 7.86. The molecule has 12 nitrogen and oxygen atoms in total. The van der Waals surface area contributed by atoms with E-state index in [1.165, 1.54) is 12.1 Å². The van der Waals surface area contributed by atoms with Gasteiger partial charge in [0.05, 0.1) is 34.1 Å². The minimum Gasteiger partial charge on any atom is -0.397 e. The number of nitrogens with two attached hydrogens (primary N) is 2. The molecule has 0 aliphatic heterocycles. The van der Waals surface area contributed by atoms with Crippen molar-refractivity contribution in [2.45, 2.75) is 49.3 Å². The lowest BCUT2D eigenvalue weighted by atomic mass is 9.96. The molecule has 0 heterocycles. The molecular weight excluding hydrogens is 701 g/mol. The molecule has 0 saturated heterocycles. The maximum Gasteiger partial charge on any atom is 0.296 e. The Morgan fingerprint density at radius 1 is 0.500 bits per heavy atom. The van der Waals surface area contributed by atoms with Crippen LogP contribution in [0.2, 0.25) is 0 Å². The zero-order chi connectivity index (χ0) is 37.2. The predicted molar refractivity (Wildman–Crippen MR) is 205 cm³/mol. The van der Waals surface area contributed by atoms with Crippen molar-refractivity contribution in [2.24, 2.45) is 20.5 Å². The summed E-state index contributed by atoms with van der Waals surface area (Å²) in [6.45, 7) is 4.11. The first-order valence-corrected chi connectivity index (χ1v) is 19.3. The molecule has 0 spiro atoms. The molecule has 0 fully saturated rings. The van der Waals surface area contributed by atoms with Crippen molar-refractivity contribution in [2.75, 3.05) is 11.5 Å². The molecule has 0 unspecified atom stereocenters. The average Bonchev–Trinajstić information content (AvgIpc) is 3.11. The molecule has 0 amide bonds. The number of anilines is 2. The second-order valence-corrected chi connectivity index (χ2v) is 15.0. The van der Waals surface area contributed by atoms with Crippen molar-refractivity contribution in [3.63, 3.8) is 0 Å². The van der Waals surface area contributed by atoms with Crippen molar-refractivity contribution in [3.05, 3.63) is 108 Å². The number of azo groups is 2. The third kappa shape index (κ3) is 7.41. The highest BCUT2D eigenvalue weighted by Gasteiger charge is 2.20. The minimum absolute atomic E-state index is 0.0620. The smallest absolute Gasteiger partial charge is 0.296 e. The van der Waals surface area contributed by atoms with Crippen LogP contribution in [0.25, 0.3) is 32.7 Å². The van der Waals surface area contributed by atoms with Gasteiger partial charge in [-0.2, -0.15) is 27.1 Å². The fraction of sp³-hybridized carbons (Fsp3) is 0.158. The minimum atomic E-state index is -4.60. The van der Waals surface area contributed by atoms with E-state index in [1.54, 1.807) is 48.5 Å². The van der Waals surface area contributed by atoms with Gasteiger partial charge in [-0.25, -0.2) is 0 Å². The van der Waals surface area contributed by atoms with Gasteiger partial charge in [-0.05, 0) is 71.5 Å². The number of hydrogen-bond donors (Lipinski definition) is 4. The van der Waals surface area contributed by atoms with Gasteiger partial charge in [0.15, 0.2) is 0 Å². The van der Waals surface area contributed by atoms with Crippen LogP contribution in [0.3, 0.4) is 0 Å². The van der Waals surface area contributed by atoms with Crippen LogP contribution in [0.1, 0.15) is 37.8 Å². The topological polar surface area (TPSA) is 210 Å². The van der Waals surface area contributed by atoms with Gasteiger partial charge in [-0.3, -0.25) is 9.11 Å². The Morgan fingerprint density at radius 3 is 1.19 bits per heavy atom. The summed E-state index contributed by atoms with van der Waals surface area (Å²) in [5, 5.41) is 19.9. The van der Waals surface area contributed by atoms with Crippen molar-refractivity contribution in [3.8, 4) is 11.1 Å². The van der Waals surface area contributed by atoms with Crippen LogP contribution in [0.5, 0.6) is 0 Å². The van der Waals surface area contributed by atoms with Gasteiger partial charge in [-0.15, -0.1) is 10.2 Å². The monoisotopic (exact) mass is 736 g/mol. The van der Waals surface area contributed by atoms with Crippen LogP contribution in [0, 0.1) is 0 Å². The molecule has 6 aromatic carbocycles. The van der Waals surface area contributed by atoms with Gasteiger partial charge in [0, 0.05) is 21.5 Å². The lowest BCUT2D eigenvalue weighted by molar-refractivity contribution is 0.481. The molecule has 52 heavy (non-hydrogen) atoms. The van der Waals surface area contributed by atoms with E-state index >= 15 is 0 Å². The van der Waals surface area contributed by atoms with Crippen LogP contribution < -0.4 is 11.5 Å². The molecule has 0 aliphatic carbocycles. The van der Waals surface area contributed by atoms with E-state index in [-0.39, 0.29) is 22.7 Å². The average molecular weight is 737 g/mol. The molecular formula is C38H36N6O6S2. The van der Waals surface area contributed by atoms with Crippen LogP contribution in [0.4, 0.5) is 34.1 Å². The van der Waals surface area contributed by atoms with E-state index in [1.807, 2.05) is 36.4 Å². The summed E-state index contributed by atoms with van der Waals surface area (Å²) in [4.78, 5) is -0.861. The summed E-state index contributed by atoms with van der Waals surface area (Å²) in [5.74, 6) is 0. The summed E-state index contributed by atoms with van der Waals surface area (Å²) in [6.07, 6.45) is 3.08. The van der Waals surface area contributed by atoms with E-state index in [2.05, 4.69) is 34.3 Å². The molecule has 0 atom stereocenters. The Kier molecular flexibility index (Phi) is 10.2. The van der Waals surface area contributed by atoms with Crippen LogP contribution >= 0.6 is 0 Å². The summed E-state index contributed by atoms with van der Waals surface area (Å²) >= 11 is 0. The molecule has 0 radical (unpaired) electrons. The second kappa shape index (κ2) is 14.6.